The van der Waals surface area contributed by atoms with E-state index in [2.05, 4.69) is 20.4 Å². The number of anilines is 2. The number of para-hydroxylation sites is 2. The van der Waals surface area contributed by atoms with Crippen molar-refractivity contribution in [1.82, 2.24) is 24.9 Å². The molecule has 0 aliphatic carbocycles. The summed E-state index contributed by atoms with van der Waals surface area (Å²) < 4.78 is 15.8. The van der Waals surface area contributed by atoms with Gasteiger partial charge in [-0.3, -0.25) is 0 Å². The second-order valence-electron chi connectivity index (χ2n) is 8.05. The number of urea groups is 1. The maximum absolute atomic E-state index is 13.9. The topological polar surface area (TPSA) is 79.2 Å². The minimum atomic E-state index is -0.453. The highest BCUT2D eigenvalue weighted by atomic mass is 19.1. The number of halogens is 1. The third-order valence-corrected chi connectivity index (χ3v) is 5.97. The zero-order valence-corrected chi connectivity index (χ0v) is 18.5. The largest absolute Gasteiger partial charge is 0.350 e. The second kappa shape index (κ2) is 8.50. The van der Waals surface area contributed by atoms with Crippen LogP contribution in [-0.2, 0) is 0 Å². The fraction of sp³-hybridized carbons (Fsp3) is 0.250. The summed E-state index contributed by atoms with van der Waals surface area (Å²) in [6, 6.07) is 15.8. The Morgan fingerprint density at radius 1 is 0.939 bits per heavy atom. The van der Waals surface area contributed by atoms with Crippen LogP contribution >= 0.6 is 0 Å². The van der Waals surface area contributed by atoms with Crippen LogP contribution in [0.2, 0.25) is 0 Å². The Hall–Kier alpha value is -4.01. The summed E-state index contributed by atoms with van der Waals surface area (Å²) in [6.07, 6.45) is 0. The molecule has 168 valence electrons. The summed E-state index contributed by atoms with van der Waals surface area (Å²) in [5, 5.41) is 17.4. The fourth-order valence-corrected chi connectivity index (χ4v) is 4.22. The van der Waals surface area contributed by atoms with Crippen LogP contribution in [0.4, 0.5) is 20.7 Å². The Balaban J connectivity index is 1.37. The van der Waals surface area contributed by atoms with Gasteiger partial charge in [0.1, 0.15) is 11.3 Å². The lowest BCUT2D eigenvalue weighted by Gasteiger charge is -2.35. The van der Waals surface area contributed by atoms with Gasteiger partial charge in [0.15, 0.2) is 5.82 Å². The average molecular weight is 446 g/mol. The number of hydrogen-bond donors (Lipinski definition) is 1. The number of rotatable bonds is 3. The van der Waals surface area contributed by atoms with Gasteiger partial charge in [0.05, 0.1) is 28.1 Å². The van der Waals surface area contributed by atoms with Crippen molar-refractivity contribution in [2.45, 2.75) is 13.8 Å². The molecule has 3 heterocycles. The number of nitrogens with zero attached hydrogens (tertiary/aromatic N) is 6. The summed E-state index contributed by atoms with van der Waals surface area (Å²) >= 11 is 0. The second-order valence-corrected chi connectivity index (χ2v) is 8.05. The number of piperazine rings is 1. The Labute approximate surface area is 190 Å². The molecule has 1 aliphatic rings. The van der Waals surface area contributed by atoms with Gasteiger partial charge in [-0.15, -0.1) is 5.10 Å². The van der Waals surface area contributed by atoms with Crippen LogP contribution in [0.5, 0.6) is 0 Å². The van der Waals surface area contributed by atoms with E-state index in [0.717, 1.165) is 28.0 Å². The molecule has 4 aromatic rings. The normalized spacial score (nSPS) is 14.0. The van der Waals surface area contributed by atoms with Crippen molar-refractivity contribution in [2.24, 2.45) is 0 Å². The van der Waals surface area contributed by atoms with Gasteiger partial charge in [-0.2, -0.15) is 10.2 Å². The summed E-state index contributed by atoms with van der Waals surface area (Å²) in [5.41, 5.74) is 3.79. The lowest BCUT2D eigenvalue weighted by atomic mass is 10.2. The van der Waals surface area contributed by atoms with E-state index in [-0.39, 0.29) is 11.7 Å². The van der Waals surface area contributed by atoms with Crippen LogP contribution < -0.4 is 10.2 Å². The Morgan fingerprint density at radius 3 is 2.36 bits per heavy atom. The van der Waals surface area contributed by atoms with Crippen molar-refractivity contribution < 1.29 is 9.18 Å². The van der Waals surface area contributed by atoms with Gasteiger partial charge in [0, 0.05) is 26.2 Å². The summed E-state index contributed by atoms with van der Waals surface area (Å²) in [5.74, 6) is 0.258. The van der Waals surface area contributed by atoms with Gasteiger partial charge in [-0.25, -0.2) is 13.9 Å². The zero-order valence-electron chi connectivity index (χ0n) is 18.5. The molecule has 0 spiro atoms. The maximum Gasteiger partial charge on any atom is 0.322 e. The summed E-state index contributed by atoms with van der Waals surface area (Å²) in [6.45, 7) is 6.09. The van der Waals surface area contributed by atoms with E-state index in [1.54, 1.807) is 23.1 Å². The lowest BCUT2D eigenvalue weighted by Crippen LogP contribution is -2.50. The third-order valence-electron chi connectivity index (χ3n) is 5.97. The number of carbonyl (C=O) groups excluding carboxylic acids is 1. The van der Waals surface area contributed by atoms with Crippen molar-refractivity contribution in [3.8, 4) is 5.69 Å². The first-order chi connectivity index (χ1) is 16.0. The minimum absolute atomic E-state index is 0.179. The van der Waals surface area contributed by atoms with Gasteiger partial charge < -0.3 is 15.1 Å². The Kier molecular flexibility index (Phi) is 5.37. The molecule has 0 unspecified atom stereocenters. The molecule has 1 saturated heterocycles. The highest BCUT2D eigenvalue weighted by Crippen LogP contribution is 2.29. The van der Waals surface area contributed by atoms with E-state index >= 15 is 0 Å². The molecule has 2 aromatic heterocycles. The monoisotopic (exact) mass is 445 g/mol. The quantitative estimate of drug-likeness (QED) is 0.517. The van der Waals surface area contributed by atoms with Crippen molar-refractivity contribution >= 4 is 28.4 Å². The molecular formula is C24H24FN7O. The van der Waals surface area contributed by atoms with Crippen LogP contribution in [0.3, 0.4) is 0 Å². The van der Waals surface area contributed by atoms with Crippen molar-refractivity contribution in [3.05, 3.63) is 71.8 Å². The molecule has 0 saturated carbocycles. The predicted molar refractivity (Wildman–Crippen MR) is 125 cm³/mol. The minimum Gasteiger partial charge on any atom is -0.350 e. The lowest BCUT2D eigenvalue weighted by molar-refractivity contribution is 0.208. The van der Waals surface area contributed by atoms with Crippen molar-refractivity contribution in [3.63, 3.8) is 0 Å². The molecule has 0 atom stereocenters. The summed E-state index contributed by atoms with van der Waals surface area (Å²) in [4.78, 5) is 16.4. The number of aryl methyl sites for hydroxylation is 2. The molecule has 2 amide bonds. The predicted octanol–water partition coefficient (Wildman–Crippen LogP) is 3.93. The highest BCUT2D eigenvalue weighted by Gasteiger charge is 2.26. The number of benzene rings is 2. The Morgan fingerprint density at radius 2 is 1.64 bits per heavy atom. The van der Waals surface area contributed by atoms with E-state index in [0.29, 0.717) is 32.0 Å². The molecule has 1 fully saturated rings. The summed E-state index contributed by atoms with van der Waals surface area (Å²) in [7, 11) is 0. The van der Waals surface area contributed by atoms with Gasteiger partial charge in [-0.1, -0.05) is 30.3 Å². The van der Waals surface area contributed by atoms with Crippen molar-refractivity contribution in [1.29, 1.82) is 0 Å². The van der Waals surface area contributed by atoms with E-state index in [4.69, 9.17) is 5.10 Å². The molecule has 1 N–H and O–H groups in total. The number of aromatic nitrogens is 4. The van der Waals surface area contributed by atoms with Crippen LogP contribution in [-0.4, -0.2) is 57.1 Å². The van der Waals surface area contributed by atoms with E-state index in [9.17, 15) is 9.18 Å². The molecule has 1 aliphatic heterocycles. The molecule has 33 heavy (non-hydrogen) atoms. The third kappa shape index (κ3) is 3.86. The van der Waals surface area contributed by atoms with Crippen LogP contribution in [0, 0.1) is 19.7 Å². The molecule has 5 rings (SSSR count). The van der Waals surface area contributed by atoms with Crippen LogP contribution in [0.25, 0.3) is 16.6 Å². The smallest absolute Gasteiger partial charge is 0.322 e. The van der Waals surface area contributed by atoms with E-state index in [1.807, 2.05) is 48.9 Å². The van der Waals surface area contributed by atoms with E-state index < -0.39 is 5.82 Å². The SMILES string of the molecule is Cc1nnc(N2CCN(C(=O)Nc3ccccc3F)CC2)c2nn(-c3ccccc3)c(C)c12. The number of amides is 2. The first kappa shape index (κ1) is 20.9. The number of nitrogens with one attached hydrogen (secondary N) is 1. The van der Waals surface area contributed by atoms with Gasteiger partial charge in [0.2, 0.25) is 0 Å². The number of hydrogen-bond acceptors (Lipinski definition) is 5. The molecular weight excluding hydrogens is 421 g/mol. The first-order valence-corrected chi connectivity index (χ1v) is 10.9. The molecule has 9 heteroatoms. The zero-order chi connectivity index (χ0) is 22.9. The van der Waals surface area contributed by atoms with Gasteiger partial charge in [0.25, 0.3) is 0 Å². The van der Waals surface area contributed by atoms with Crippen molar-refractivity contribution in [2.75, 3.05) is 36.4 Å². The first-order valence-electron chi connectivity index (χ1n) is 10.9. The fourth-order valence-electron chi connectivity index (χ4n) is 4.22. The van der Waals surface area contributed by atoms with Crippen LogP contribution in [0.1, 0.15) is 11.4 Å². The van der Waals surface area contributed by atoms with Gasteiger partial charge >= 0.3 is 6.03 Å². The van der Waals surface area contributed by atoms with Crippen LogP contribution in [0.15, 0.2) is 54.6 Å². The molecule has 0 bridgehead atoms. The van der Waals surface area contributed by atoms with E-state index in [1.165, 1.54) is 6.07 Å². The molecule has 0 radical (unpaired) electrons. The average Bonchev–Trinajstić information content (AvgIpc) is 3.19. The number of carbonyl (C=O) groups is 1. The number of fused-ring (bicyclic) bond motifs is 1. The van der Waals surface area contributed by atoms with Gasteiger partial charge in [-0.05, 0) is 38.1 Å². The maximum atomic E-state index is 13.9. The molecule has 8 nitrogen and oxygen atoms in total. The molecule has 2 aromatic carbocycles. The highest BCUT2D eigenvalue weighted by molar-refractivity contribution is 5.93. The Bertz CT molecular complexity index is 1310. The standard InChI is InChI=1S/C24H24FN7O/c1-16-21-17(2)32(18-8-4-3-5-9-18)29-22(21)23(28-27-16)30-12-14-31(15-13-30)24(33)26-20-11-7-6-10-19(20)25/h3-11H,12-15H2,1-2H3,(H,26,33).